The normalized spacial score (nSPS) is 17.7. The summed E-state index contributed by atoms with van der Waals surface area (Å²) in [5.74, 6) is 0. The molecule has 1 N–H and O–H groups in total. The molecule has 1 heterocycles. The molecule has 1 aliphatic rings. The molecule has 5 heteroatoms. The zero-order valence-corrected chi connectivity index (χ0v) is 11.5. The third-order valence-corrected chi connectivity index (χ3v) is 4.02. The Morgan fingerprint density at radius 3 is 2.61 bits per heavy atom. The van der Waals surface area contributed by atoms with E-state index < -0.39 is 0 Å². The van der Waals surface area contributed by atoms with Crippen molar-refractivity contribution in [3.63, 3.8) is 0 Å². The predicted octanol–water partition coefficient (Wildman–Crippen LogP) is 2.70. The Morgan fingerprint density at radius 1 is 1.28 bits per heavy atom. The Morgan fingerprint density at radius 2 is 2.00 bits per heavy atom. The van der Waals surface area contributed by atoms with E-state index >= 15 is 0 Å². The van der Waals surface area contributed by atoms with Crippen molar-refractivity contribution in [3.05, 3.63) is 33.8 Å². The van der Waals surface area contributed by atoms with E-state index in [1.807, 2.05) is 18.2 Å². The molecule has 0 atom stereocenters. The van der Waals surface area contributed by atoms with Gasteiger partial charge >= 0.3 is 0 Å². The van der Waals surface area contributed by atoms with E-state index in [0.717, 1.165) is 38.9 Å². The maximum absolute atomic E-state index is 10.4. The van der Waals surface area contributed by atoms with Crippen LogP contribution in [0.4, 0.5) is 0 Å². The molecule has 98 valence electrons. The van der Waals surface area contributed by atoms with Gasteiger partial charge in [-0.25, -0.2) is 0 Å². The molecule has 0 aliphatic carbocycles. The minimum atomic E-state index is 0.326. The summed E-state index contributed by atoms with van der Waals surface area (Å²) in [6.45, 7) is 2.86. The lowest BCUT2D eigenvalue weighted by molar-refractivity contribution is -0.110. The predicted molar refractivity (Wildman–Crippen MR) is 74.0 cm³/mol. The average molecular weight is 287 g/mol. The highest BCUT2D eigenvalue weighted by Crippen LogP contribution is 2.23. The highest BCUT2D eigenvalue weighted by Gasteiger charge is 2.18. The van der Waals surface area contributed by atoms with Gasteiger partial charge in [-0.05, 0) is 30.5 Å². The molecule has 1 aromatic carbocycles. The van der Waals surface area contributed by atoms with Crippen LogP contribution in [0.1, 0.15) is 18.4 Å². The van der Waals surface area contributed by atoms with Crippen molar-refractivity contribution >= 4 is 29.6 Å². The Labute approximate surface area is 117 Å². The number of benzene rings is 1. The Kier molecular flexibility index (Phi) is 4.87. The number of hydrogen-bond acceptors (Lipinski definition) is 2. The van der Waals surface area contributed by atoms with Crippen LogP contribution in [0, 0.1) is 0 Å². The number of piperidine rings is 1. The van der Waals surface area contributed by atoms with E-state index in [1.54, 1.807) is 0 Å². The van der Waals surface area contributed by atoms with Crippen LogP contribution in [0.5, 0.6) is 0 Å². The minimum Gasteiger partial charge on any atom is -0.356 e. The second kappa shape index (κ2) is 6.41. The van der Waals surface area contributed by atoms with Crippen LogP contribution in [0.25, 0.3) is 0 Å². The highest BCUT2D eigenvalue weighted by atomic mass is 35.5. The van der Waals surface area contributed by atoms with Crippen molar-refractivity contribution in [3.8, 4) is 0 Å². The van der Waals surface area contributed by atoms with Gasteiger partial charge in [0.1, 0.15) is 0 Å². The summed E-state index contributed by atoms with van der Waals surface area (Å²) >= 11 is 11.9. The first-order valence-electron chi connectivity index (χ1n) is 6.05. The molecule has 1 aromatic rings. The van der Waals surface area contributed by atoms with Gasteiger partial charge in [-0.2, -0.15) is 0 Å². The molecule has 0 unspecified atom stereocenters. The minimum absolute atomic E-state index is 0.326. The Hall–Kier alpha value is -0.770. The summed E-state index contributed by atoms with van der Waals surface area (Å²) in [5, 5.41) is 4.04. The number of nitrogens with one attached hydrogen (secondary N) is 1. The maximum atomic E-state index is 10.4. The van der Waals surface area contributed by atoms with E-state index in [0.29, 0.717) is 16.1 Å². The standard InChI is InChI=1S/C13H16Cl2N2O/c14-12-2-1-10(7-13(12)15)8-17-5-3-11(4-6-17)16-9-18/h1-2,7,9,11H,3-6,8H2,(H,16,18). The lowest BCUT2D eigenvalue weighted by Gasteiger charge is -2.31. The second-order valence-electron chi connectivity index (χ2n) is 4.58. The largest absolute Gasteiger partial charge is 0.356 e. The molecule has 0 radical (unpaired) electrons. The van der Waals surface area contributed by atoms with Crippen LogP contribution in [-0.2, 0) is 11.3 Å². The third-order valence-electron chi connectivity index (χ3n) is 3.28. The first-order valence-corrected chi connectivity index (χ1v) is 6.80. The van der Waals surface area contributed by atoms with Crippen molar-refractivity contribution in [1.29, 1.82) is 0 Å². The molecule has 18 heavy (non-hydrogen) atoms. The number of likely N-dealkylation sites (tertiary alicyclic amines) is 1. The van der Waals surface area contributed by atoms with Gasteiger partial charge in [-0.1, -0.05) is 29.3 Å². The van der Waals surface area contributed by atoms with Crippen molar-refractivity contribution in [2.75, 3.05) is 13.1 Å². The van der Waals surface area contributed by atoms with Crippen molar-refractivity contribution < 1.29 is 4.79 Å². The van der Waals surface area contributed by atoms with Crippen LogP contribution in [0.3, 0.4) is 0 Å². The molecule has 0 spiro atoms. The monoisotopic (exact) mass is 286 g/mol. The van der Waals surface area contributed by atoms with Gasteiger partial charge in [0.05, 0.1) is 10.0 Å². The zero-order valence-electron chi connectivity index (χ0n) is 10.0. The molecule has 0 aromatic heterocycles. The molecule has 1 aliphatic heterocycles. The molecule has 0 saturated carbocycles. The van der Waals surface area contributed by atoms with Crippen LogP contribution in [0.2, 0.25) is 10.0 Å². The molecular weight excluding hydrogens is 271 g/mol. The summed E-state index contributed by atoms with van der Waals surface area (Å²) in [4.78, 5) is 12.7. The quantitative estimate of drug-likeness (QED) is 0.864. The Bertz CT molecular complexity index is 417. The summed E-state index contributed by atoms with van der Waals surface area (Å²) in [7, 11) is 0. The first-order chi connectivity index (χ1) is 8.69. The van der Waals surface area contributed by atoms with E-state index in [9.17, 15) is 4.79 Å². The zero-order chi connectivity index (χ0) is 13.0. The van der Waals surface area contributed by atoms with E-state index in [-0.39, 0.29) is 0 Å². The number of halogens is 2. The van der Waals surface area contributed by atoms with Gasteiger partial charge in [0.2, 0.25) is 6.41 Å². The summed E-state index contributed by atoms with van der Waals surface area (Å²) in [6.07, 6.45) is 2.79. The fraction of sp³-hybridized carbons (Fsp3) is 0.462. The van der Waals surface area contributed by atoms with Crippen LogP contribution >= 0.6 is 23.2 Å². The van der Waals surface area contributed by atoms with Gasteiger partial charge in [-0.3, -0.25) is 9.69 Å². The lowest BCUT2D eigenvalue weighted by Crippen LogP contribution is -2.41. The van der Waals surface area contributed by atoms with Crippen LogP contribution < -0.4 is 5.32 Å². The van der Waals surface area contributed by atoms with E-state index in [2.05, 4.69) is 10.2 Å². The average Bonchev–Trinajstić information content (AvgIpc) is 2.37. The molecule has 1 saturated heterocycles. The molecular formula is C13H16Cl2N2O. The molecule has 2 rings (SSSR count). The summed E-state index contributed by atoms with van der Waals surface area (Å²) in [5.41, 5.74) is 1.17. The van der Waals surface area contributed by atoms with Gasteiger partial charge in [0, 0.05) is 25.7 Å². The van der Waals surface area contributed by atoms with Crippen molar-refractivity contribution in [2.45, 2.75) is 25.4 Å². The molecule has 0 bridgehead atoms. The van der Waals surface area contributed by atoms with E-state index in [4.69, 9.17) is 23.2 Å². The number of hydrogen-bond donors (Lipinski definition) is 1. The lowest BCUT2D eigenvalue weighted by atomic mass is 10.0. The van der Waals surface area contributed by atoms with Crippen molar-refractivity contribution in [1.82, 2.24) is 10.2 Å². The van der Waals surface area contributed by atoms with E-state index in [1.165, 1.54) is 5.56 Å². The van der Waals surface area contributed by atoms with Gasteiger partial charge in [0.25, 0.3) is 0 Å². The number of carbonyl (C=O) groups excluding carboxylic acids is 1. The fourth-order valence-electron chi connectivity index (χ4n) is 2.25. The highest BCUT2D eigenvalue weighted by molar-refractivity contribution is 6.42. The number of nitrogens with zero attached hydrogens (tertiary/aromatic N) is 1. The topological polar surface area (TPSA) is 32.3 Å². The molecule has 1 amide bonds. The first kappa shape index (κ1) is 13.7. The van der Waals surface area contributed by atoms with Gasteiger partial charge < -0.3 is 5.32 Å². The fourth-order valence-corrected chi connectivity index (χ4v) is 2.57. The smallest absolute Gasteiger partial charge is 0.207 e. The Balaban J connectivity index is 1.87. The van der Waals surface area contributed by atoms with Crippen molar-refractivity contribution in [2.24, 2.45) is 0 Å². The summed E-state index contributed by atoms with van der Waals surface area (Å²) in [6, 6.07) is 6.08. The third kappa shape index (κ3) is 3.61. The SMILES string of the molecule is O=CNC1CCN(Cc2ccc(Cl)c(Cl)c2)CC1. The number of carbonyl (C=O) groups is 1. The second-order valence-corrected chi connectivity index (χ2v) is 5.40. The number of rotatable bonds is 4. The van der Waals surface area contributed by atoms with Gasteiger partial charge in [-0.15, -0.1) is 0 Å². The van der Waals surface area contributed by atoms with Crippen LogP contribution in [-0.4, -0.2) is 30.4 Å². The molecule has 3 nitrogen and oxygen atoms in total. The maximum Gasteiger partial charge on any atom is 0.207 e. The van der Waals surface area contributed by atoms with Gasteiger partial charge in [0.15, 0.2) is 0 Å². The summed E-state index contributed by atoms with van der Waals surface area (Å²) < 4.78 is 0. The molecule has 1 fully saturated rings. The van der Waals surface area contributed by atoms with Crippen LogP contribution in [0.15, 0.2) is 18.2 Å². The number of amides is 1.